The molecule has 18 heavy (non-hydrogen) atoms. The maximum atomic E-state index is 10.1. The summed E-state index contributed by atoms with van der Waals surface area (Å²) in [6.07, 6.45) is 9.02. The van der Waals surface area contributed by atoms with Gasteiger partial charge in [0.15, 0.2) is 0 Å². The fourth-order valence-corrected chi connectivity index (χ4v) is 4.12. The van der Waals surface area contributed by atoms with Gasteiger partial charge < -0.3 is 10.0 Å². The third-order valence-corrected chi connectivity index (χ3v) is 5.28. The maximum absolute atomic E-state index is 10.1. The van der Waals surface area contributed by atoms with Crippen molar-refractivity contribution < 1.29 is 5.11 Å². The molecule has 1 aliphatic carbocycles. The quantitative estimate of drug-likeness (QED) is 0.810. The molecule has 3 fully saturated rings. The number of rotatable bonds is 2. The highest BCUT2D eigenvalue weighted by atomic mass is 16.3. The Labute approximate surface area is 111 Å². The van der Waals surface area contributed by atoms with Gasteiger partial charge >= 0.3 is 0 Å². The Morgan fingerprint density at radius 1 is 0.889 bits per heavy atom. The van der Waals surface area contributed by atoms with Gasteiger partial charge in [0, 0.05) is 32.2 Å². The van der Waals surface area contributed by atoms with E-state index in [0.717, 1.165) is 19.0 Å². The molecule has 2 aliphatic heterocycles. The summed E-state index contributed by atoms with van der Waals surface area (Å²) < 4.78 is 0. The van der Waals surface area contributed by atoms with E-state index in [9.17, 15) is 5.11 Å². The molecule has 3 aliphatic rings. The van der Waals surface area contributed by atoms with Crippen LogP contribution in [0.25, 0.3) is 0 Å². The van der Waals surface area contributed by atoms with Crippen molar-refractivity contribution in [1.29, 1.82) is 0 Å². The largest absolute Gasteiger partial charge is 0.393 e. The molecule has 104 valence electrons. The molecule has 3 rings (SSSR count). The molecule has 0 aromatic heterocycles. The smallest absolute Gasteiger partial charge is 0.0580 e. The van der Waals surface area contributed by atoms with E-state index in [1.54, 1.807) is 0 Å². The first-order chi connectivity index (χ1) is 8.83. The average molecular weight is 252 g/mol. The van der Waals surface area contributed by atoms with Crippen molar-refractivity contribution >= 4 is 0 Å². The van der Waals surface area contributed by atoms with Crippen LogP contribution in [0, 0.1) is 5.92 Å². The molecule has 1 saturated carbocycles. The molecule has 1 N–H and O–H groups in total. The Morgan fingerprint density at radius 2 is 1.72 bits per heavy atom. The summed E-state index contributed by atoms with van der Waals surface area (Å²) in [5.74, 6) is 0.550. The van der Waals surface area contributed by atoms with Crippen molar-refractivity contribution in [3.8, 4) is 0 Å². The van der Waals surface area contributed by atoms with Crippen LogP contribution in [0.2, 0.25) is 0 Å². The zero-order chi connectivity index (χ0) is 12.4. The molecule has 0 bridgehead atoms. The van der Waals surface area contributed by atoms with E-state index in [2.05, 4.69) is 9.80 Å². The summed E-state index contributed by atoms with van der Waals surface area (Å²) in [7, 11) is 0. The van der Waals surface area contributed by atoms with Gasteiger partial charge in [-0.15, -0.1) is 0 Å². The lowest BCUT2D eigenvalue weighted by atomic mass is 9.86. The minimum absolute atomic E-state index is 0.0249. The average Bonchev–Trinajstić information content (AvgIpc) is 2.41. The Balaban J connectivity index is 1.51. The maximum Gasteiger partial charge on any atom is 0.0580 e. The molecule has 3 unspecified atom stereocenters. The lowest BCUT2D eigenvalue weighted by molar-refractivity contribution is 0.00762. The van der Waals surface area contributed by atoms with E-state index in [1.165, 1.54) is 64.7 Å². The predicted molar refractivity (Wildman–Crippen MR) is 73.6 cm³/mol. The van der Waals surface area contributed by atoms with Crippen LogP contribution < -0.4 is 0 Å². The minimum atomic E-state index is -0.0249. The van der Waals surface area contributed by atoms with Gasteiger partial charge in [-0.2, -0.15) is 0 Å². The highest BCUT2D eigenvalue weighted by Gasteiger charge is 2.31. The standard InChI is InChI=1S/C15H28N2O/c18-15-7-2-1-5-13(15)11-16-9-10-17-8-4-3-6-14(17)12-16/h13-15,18H,1-12H2. The second-order valence-electron chi connectivity index (χ2n) is 6.56. The SMILES string of the molecule is OC1CCCCC1CN1CCN2CCCCC2C1. The molecule has 0 aromatic rings. The summed E-state index contributed by atoms with van der Waals surface area (Å²) in [6.45, 7) is 6.20. The van der Waals surface area contributed by atoms with Gasteiger partial charge in [0.05, 0.1) is 6.10 Å². The lowest BCUT2D eigenvalue weighted by Crippen LogP contribution is -2.56. The van der Waals surface area contributed by atoms with Crippen molar-refractivity contribution in [3.05, 3.63) is 0 Å². The summed E-state index contributed by atoms with van der Waals surface area (Å²) in [5.41, 5.74) is 0. The first kappa shape index (κ1) is 12.9. The highest BCUT2D eigenvalue weighted by Crippen LogP contribution is 2.27. The fourth-order valence-electron chi connectivity index (χ4n) is 4.12. The van der Waals surface area contributed by atoms with Crippen molar-refractivity contribution in [2.75, 3.05) is 32.7 Å². The minimum Gasteiger partial charge on any atom is -0.393 e. The van der Waals surface area contributed by atoms with Crippen LogP contribution in [0.15, 0.2) is 0 Å². The number of piperidine rings is 1. The zero-order valence-electron chi connectivity index (χ0n) is 11.6. The van der Waals surface area contributed by atoms with E-state index in [0.29, 0.717) is 5.92 Å². The van der Waals surface area contributed by atoms with Gasteiger partial charge in [-0.1, -0.05) is 19.3 Å². The van der Waals surface area contributed by atoms with Crippen molar-refractivity contribution in [2.24, 2.45) is 5.92 Å². The Bertz CT molecular complexity index is 271. The first-order valence-corrected chi connectivity index (χ1v) is 7.97. The molecule has 2 saturated heterocycles. The molecule has 0 amide bonds. The van der Waals surface area contributed by atoms with Crippen LogP contribution in [-0.2, 0) is 0 Å². The van der Waals surface area contributed by atoms with Crippen molar-refractivity contribution in [1.82, 2.24) is 9.80 Å². The van der Waals surface area contributed by atoms with Crippen molar-refractivity contribution in [3.63, 3.8) is 0 Å². The van der Waals surface area contributed by atoms with E-state index in [1.807, 2.05) is 0 Å². The molecule has 0 spiro atoms. The van der Waals surface area contributed by atoms with Gasteiger partial charge in [0.1, 0.15) is 0 Å². The van der Waals surface area contributed by atoms with E-state index in [4.69, 9.17) is 0 Å². The molecule has 3 atom stereocenters. The van der Waals surface area contributed by atoms with Crippen LogP contribution in [0.3, 0.4) is 0 Å². The van der Waals surface area contributed by atoms with Crippen LogP contribution in [0.4, 0.5) is 0 Å². The second kappa shape index (κ2) is 5.89. The molecular weight excluding hydrogens is 224 g/mol. The van der Waals surface area contributed by atoms with Crippen molar-refractivity contribution in [2.45, 2.75) is 57.1 Å². The molecule has 3 nitrogen and oxygen atoms in total. The number of aliphatic hydroxyl groups is 1. The highest BCUT2D eigenvalue weighted by molar-refractivity contribution is 4.87. The number of aliphatic hydroxyl groups excluding tert-OH is 1. The van der Waals surface area contributed by atoms with Crippen LogP contribution in [0.1, 0.15) is 44.9 Å². The Morgan fingerprint density at radius 3 is 2.61 bits per heavy atom. The van der Waals surface area contributed by atoms with E-state index >= 15 is 0 Å². The number of piperazine rings is 1. The normalized spacial score (nSPS) is 39.5. The lowest BCUT2D eigenvalue weighted by Gasteiger charge is -2.45. The van der Waals surface area contributed by atoms with E-state index in [-0.39, 0.29) is 6.10 Å². The second-order valence-corrected chi connectivity index (χ2v) is 6.56. The molecule has 0 radical (unpaired) electrons. The monoisotopic (exact) mass is 252 g/mol. The molecular formula is C15H28N2O. The van der Waals surface area contributed by atoms with Crippen LogP contribution in [-0.4, -0.2) is 59.8 Å². The summed E-state index contributed by atoms with van der Waals surface area (Å²) in [5, 5.41) is 10.1. The molecule has 0 aromatic carbocycles. The predicted octanol–water partition coefficient (Wildman–Crippen LogP) is 1.71. The van der Waals surface area contributed by atoms with Gasteiger partial charge in [-0.25, -0.2) is 0 Å². The van der Waals surface area contributed by atoms with Gasteiger partial charge in [0.2, 0.25) is 0 Å². The van der Waals surface area contributed by atoms with Gasteiger partial charge in [0.25, 0.3) is 0 Å². The Kier molecular flexibility index (Phi) is 4.22. The number of fused-ring (bicyclic) bond motifs is 1. The number of hydrogen-bond donors (Lipinski definition) is 1. The topological polar surface area (TPSA) is 26.7 Å². The number of nitrogens with zero attached hydrogens (tertiary/aromatic N) is 2. The first-order valence-electron chi connectivity index (χ1n) is 7.97. The third-order valence-electron chi connectivity index (χ3n) is 5.28. The summed E-state index contributed by atoms with van der Waals surface area (Å²) >= 11 is 0. The number of hydrogen-bond acceptors (Lipinski definition) is 3. The van der Waals surface area contributed by atoms with Crippen LogP contribution >= 0.6 is 0 Å². The third kappa shape index (κ3) is 2.89. The van der Waals surface area contributed by atoms with Gasteiger partial charge in [-0.05, 0) is 38.1 Å². The summed E-state index contributed by atoms with van der Waals surface area (Å²) in [6, 6.07) is 0.813. The summed E-state index contributed by atoms with van der Waals surface area (Å²) in [4.78, 5) is 5.32. The van der Waals surface area contributed by atoms with Crippen LogP contribution in [0.5, 0.6) is 0 Å². The molecule has 3 heteroatoms. The fraction of sp³-hybridized carbons (Fsp3) is 1.00. The van der Waals surface area contributed by atoms with E-state index < -0.39 is 0 Å². The Hall–Kier alpha value is -0.120. The molecule has 2 heterocycles. The van der Waals surface area contributed by atoms with Gasteiger partial charge in [-0.3, -0.25) is 4.90 Å². The zero-order valence-corrected chi connectivity index (χ0v) is 11.6.